The lowest BCUT2D eigenvalue weighted by Gasteiger charge is -2.08. The molecule has 0 amide bonds. The second kappa shape index (κ2) is 6.87. The van der Waals surface area contributed by atoms with E-state index in [0.29, 0.717) is 6.54 Å². The fourth-order valence-electron chi connectivity index (χ4n) is 2.38. The van der Waals surface area contributed by atoms with Gasteiger partial charge >= 0.3 is 0 Å². The predicted octanol–water partition coefficient (Wildman–Crippen LogP) is 3.68. The maximum atomic E-state index is 12.0. The van der Waals surface area contributed by atoms with E-state index in [2.05, 4.69) is 34.8 Å². The largest absolute Gasteiger partial charge is 0.326 e. The number of nitrogens with one attached hydrogen (secondary N) is 2. The van der Waals surface area contributed by atoms with Gasteiger partial charge in [0.05, 0.1) is 0 Å². The Hall–Kier alpha value is -1.65. The van der Waals surface area contributed by atoms with Crippen molar-refractivity contribution in [3.8, 4) is 0 Å². The van der Waals surface area contributed by atoms with E-state index in [1.807, 2.05) is 26.8 Å². The van der Waals surface area contributed by atoms with Crippen LogP contribution in [0.25, 0.3) is 6.08 Å². The molecule has 0 aliphatic heterocycles. The van der Waals surface area contributed by atoms with Crippen LogP contribution < -0.4 is 10.9 Å². The first-order valence-corrected chi connectivity index (χ1v) is 8.00. The molecule has 2 aromatic heterocycles. The smallest absolute Gasteiger partial charge is 0.252 e. The summed E-state index contributed by atoms with van der Waals surface area (Å²) in [5.74, 6) is 0. The molecule has 3 nitrogen and oxygen atoms in total. The maximum Gasteiger partial charge on any atom is 0.252 e. The molecule has 0 fully saturated rings. The lowest BCUT2D eigenvalue weighted by atomic mass is 10.1. The number of aryl methyl sites for hydroxylation is 2. The third-order valence-electron chi connectivity index (χ3n) is 3.61. The van der Waals surface area contributed by atoms with Crippen molar-refractivity contribution in [2.75, 3.05) is 0 Å². The number of aromatic nitrogens is 1. The molecule has 0 unspecified atom stereocenters. The van der Waals surface area contributed by atoms with Gasteiger partial charge in [-0.2, -0.15) is 0 Å². The number of pyridine rings is 1. The molecule has 2 aromatic rings. The molecule has 0 spiro atoms. The second-order valence-electron chi connectivity index (χ2n) is 5.30. The van der Waals surface area contributed by atoms with Gasteiger partial charge in [0, 0.05) is 29.2 Å². The van der Waals surface area contributed by atoms with Gasteiger partial charge in [-0.25, -0.2) is 0 Å². The Morgan fingerprint density at radius 3 is 2.71 bits per heavy atom. The highest BCUT2D eigenvalue weighted by Gasteiger charge is 2.07. The molecule has 21 heavy (non-hydrogen) atoms. The van der Waals surface area contributed by atoms with Crippen molar-refractivity contribution in [1.82, 2.24) is 10.3 Å². The normalized spacial score (nSPS) is 11.4. The van der Waals surface area contributed by atoms with Crippen LogP contribution in [0.5, 0.6) is 0 Å². The van der Waals surface area contributed by atoms with E-state index < -0.39 is 0 Å². The van der Waals surface area contributed by atoms with Crippen LogP contribution in [0.1, 0.15) is 39.7 Å². The van der Waals surface area contributed by atoms with Crippen molar-refractivity contribution in [3.63, 3.8) is 0 Å². The molecule has 0 saturated carbocycles. The summed E-state index contributed by atoms with van der Waals surface area (Å²) in [6, 6.07) is 2.01. The van der Waals surface area contributed by atoms with Crippen LogP contribution in [-0.2, 0) is 13.1 Å². The molecule has 0 saturated heterocycles. The van der Waals surface area contributed by atoms with E-state index in [4.69, 9.17) is 0 Å². The standard InChI is InChI=1S/C17H22N2OS/c1-5-6-16-13(4)14(10-21-16)8-18-9-15-11(2)7-12(3)19-17(15)20/h5-7,10,18H,8-9H2,1-4H3,(H,19,20)/b6-5+. The third kappa shape index (κ3) is 3.71. The van der Waals surface area contributed by atoms with Crippen LogP contribution in [0.4, 0.5) is 0 Å². The van der Waals surface area contributed by atoms with E-state index in [0.717, 1.165) is 23.4 Å². The van der Waals surface area contributed by atoms with E-state index >= 15 is 0 Å². The summed E-state index contributed by atoms with van der Waals surface area (Å²) in [5.41, 5.74) is 5.40. The van der Waals surface area contributed by atoms with Gasteiger partial charge in [0.2, 0.25) is 0 Å². The fourth-order valence-corrected chi connectivity index (χ4v) is 3.43. The number of thiophene rings is 1. The molecule has 2 rings (SSSR count). The molecule has 112 valence electrons. The Morgan fingerprint density at radius 1 is 1.29 bits per heavy atom. The Balaban J connectivity index is 2.04. The zero-order chi connectivity index (χ0) is 15.4. The second-order valence-corrected chi connectivity index (χ2v) is 6.21. The van der Waals surface area contributed by atoms with Crippen molar-refractivity contribution in [2.45, 2.75) is 40.8 Å². The molecular formula is C17H22N2OS. The number of allylic oxidation sites excluding steroid dienone is 1. The van der Waals surface area contributed by atoms with Gasteiger partial charge in [0.1, 0.15) is 0 Å². The number of aromatic amines is 1. The third-order valence-corrected chi connectivity index (χ3v) is 4.71. The average molecular weight is 302 g/mol. The van der Waals surface area contributed by atoms with Crippen LogP contribution in [0.3, 0.4) is 0 Å². The first-order valence-electron chi connectivity index (χ1n) is 7.12. The fraction of sp³-hybridized carbons (Fsp3) is 0.353. The van der Waals surface area contributed by atoms with Crippen molar-refractivity contribution < 1.29 is 0 Å². The van der Waals surface area contributed by atoms with Gasteiger partial charge in [-0.15, -0.1) is 11.3 Å². The van der Waals surface area contributed by atoms with Crippen molar-refractivity contribution >= 4 is 17.4 Å². The van der Waals surface area contributed by atoms with Crippen molar-refractivity contribution in [3.05, 3.63) is 60.7 Å². The number of hydrogen-bond donors (Lipinski definition) is 2. The van der Waals surface area contributed by atoms with Gasteiger partial charge in [-0.1, -0.05) is 6.08 Å². The topological polar surface area (TPSA) is 44.9 Å². The van der Waals surface area contributed by atoms with E-state index in [1.54, 1.807) is 11.3 Å². The van der Waals surface area contributed by atoms with Crippen LogP contribution in [0.15, 0.2) is 22.3 Å². The van der Waals surface area contributed by atoms with Crippen LogP contribution in [0.2, 0.25) is 0 Å². The highest BCUT2D eigenvalue weighted by atomic mass is 32.1. The summed E-state index contributed by atoms with van der Waals surface area (Å²) >= 11 is 1.76. The van der Waals surface area contributed by atoms with Gasteiger partial charge in [-0.3, -0.25) is 4.79 Å². The number of H-pyrrole nitrogens is 1. The lowest BCUT2D eigenvalue weighted by molar-refractivity contribution is 0.682. The summed E-state index contributed by atoms with van der Waals surface area (Å²) in [6.07, 6.45) is 4.20. The monoisotopic (exact) mass is 302 g/mol. The Labute approximate surface area is 129 Å². The van der Waals surface area contributed by atoms with Crippen molar-refractivity contribution in [1.29, 1.82) is 0 Å². The highest BCUT2D eigenvalue weighted by Crippen LogP contribution is 2.23. The molecule has 0 radical (unpaired) electrons. The quantitative estimate of drug-likeness (QED) is 0.885. The Morgan fingerprint density at radius 2 is 2.05 bits per heavy atom. The molecule has 4 heteroatoms. The summed E-state index contributed by atoms with van der Waals surface area (Å²) in [5, 5.41) is 5.56. The minimum absolute atomic E-state index is 0.0108. The highest BCUT2D eigenvalue weighted by molar-refractivity contribution is 7.11. The molecule has 0 aliphatic rings. The first kappa shape index (κ1) is 15.7. The van der Waals surface area contributed by atoms with Gasteiger partial charge in [0.25, 0.3) is 5.56 Å². The maximum absolute atomic E-state index is 12.0. The minimum atomic E-state index is 0.0108. The molecule has 0 aromatic carbocycles. The first-order chi connectivity index (χ1) is 10.0. The molecular weight excluding hydrogens is 280 g/mol. The van der Waals surface area contributed by atoms with Crippen LogP contribution in [0, 0.1) is 20.8 Å². The minimum Gasteiger partial charge on any atom is -0.326 e. The molecule has 2 heterocycles. The summed E-state index contributed by atoms with van der Waals surface area (Å²) in [4.78, 5) is 16.1. The van der Waals surface area contributed by atoms with Crippen molar-refractivity contribution in [2.24, 2.45) is 0 Å². The Kier molecular flexibility index (Phi) is 5.15. The zero-order valence-corrected chi connectivity index (χ0v) is 13.9. The molecule has 2 N–H and O–H groups in total. The lowest BCUT2D eigenvalue weighted by Crippen LogP contribution is -2.22. The average Bonchev–Trinajstić information content (AvgIpc) is 2.75. The van der Waals surface area contributed by atoms with Gasteiger partial charge < -0.3 is 10.3 Å². The van der Waals surface area contributed by atoms with E-state index in [1.165, 1.54) is 16.0 Å². The van der Waals surface area contributed by atoms with Crippen LogP contribution in [-0.4, -0.2) is 4.98 Å². The van der Waals surface area contributed by atoms with E-state index in [-0.39, 0.29) is 5.56 Å². The number of rotatable bonds is 5. The summed E-state index contributed by atoms with van der Waals surface area (Å²) in [7, 11) is 0. The summed E-state index contributed by atoms with van der Waals surface area (Å²) < 4.78 is 0. The molecule has 0 bridgehead atoms. The SMILES string of the molecule is C/C=C/c1scc(CNCc2c(C)cc(C)[nH]c2=O)c1C. The molecule has 0 atom stereocenters. The summed E-state index contributed by atoms with van der Waals surface area (Å²) in [6.45, 7) is 9.45. The molecule has 0 aliphatic carbocycles. The van der Waals surface area contributed by atoms with Gasteiger partial charge in [-0.05, 0) is 61.9 Å². The Bertz CT molecular complexity index is 710. The zero-order valence-electron chi connectivity index (χ0n) is 13.0. The predicted molar refractivity (Wildman–Crippen MR) is 90.8 cm³/mol. The number of hydrogen-bond acceptors (Lipinski definition) is 3. The van der Waals surface area contributed by atoms with Crippen LogP contribution >= 0.6 is 11.3 Å². The van der Waals surface area contributed by atoms with Gasteiger partial charge in [0.15, 0.2) is 0 Å². The van der Waals surface area contributed by atoms with E-state index in [9.17, 15) is 4.79 Å².